The van der Waals surface area contributed by atoms with Crippen molar-refractivity contribution in [1.82, 2.24) is 19.7 Å². The van der Waals surface area contributed by atoms with Crippen LogP contribution in [0.4, 0.5) is 32.0 Å². The van der Waals surface area contributed by atoms with Crippen LogP contribution in [0.5, 0.6) is 0 Å². The number of amides is 2. The predicted molar refractivity (Wildman–Crippen MR) is 179 cm³/mol. The van der Waals surface area contributed by atoms with Crippen LogP contribution >= 0.6 is 24.8 Å². The number of halogens is 8. The first-order valence-corrected chi connectivity index (χ1v) is 15.3. The average molecular weight is 731 g/mol. The standard InChI is InChI=1S/C34H33F6N5O2.2ClH/c35-33(36,37)25-16-23(17-26(19-25)34(38,39)40)32(47)45-15-10-42(21-28(45)18-24-20-41-30-9-5-4-8-29(24)30)22-31(46)44-13-11-43(12-14-44)27-6-2-1-3-7-27;;/h1-9,16-17,19-20,28,41H,10-15,18,21-22H2;2*1H/t28-;;/m1../s1. The quantitative estimate of drug-likeness (QED) is 0.223. The van der Waals surface area contributed by atoms with Crippen LogP contribution in [0, 0.1) is 0 Å². The van der Waals surface area contributed by atoms with Gasteiger partial charge in [-0.1, -0.05) is 36.4 Å². The minimum Gasteiger partial charge on any atom is -0.368 e. The lowest BCUT2D eigenvalue weighted by atomic mass is 9.98. The van der Waals surface area contributed by atoms with Crippen LogP contribution in [-0.4, -0.2) is 89.9 Å². The Morgan fingerprint density at radius 1 is 0.755 bits per heavy atom. The number of para-hydroxylation sites is 2. The summed E-state index contributed by atoms with van der Waals surface area (Å²) in [6.45, 7) is 3.00. The van der Waals surface area contributed by atoms with E-state index in [-0.39, 0.29) is 69.4 Å². The van der Waals surface area contributed by atoms with Crippen LogP contribution in [0.2, 0.25) is 0 Å². The van der Waals surface area contributed by atoms with Crippen molar-refractivity contribution in [3.05, 3.63) is 101 Å². The monoisotopic (exact) mass is 729 g/mol. The molecular weight excluding hydrogens is 695 g/mol. The summed E-state index contributed by atoms with van der Waals surface area (Å²) >= 11 is 0. The maximum Gasteiger partial charge on any atom is 0.416 e. The van der Waals surface area contributed by atoms with Gasteiger partial charge in [-0.05, 0) is 48.4 Å². The zero-order valence-electron chi connectivity index (χ0n) is 26.1. The van der Waals surface area contributed by atoms with Crippen molar-refractivity contribution in [2.75, 3.05) is 57.3 Å². The van der Waals surface area contributed by atoms with Crippen molar-refractivity contribution in [2.24, 2.45) is 0 Å². The second-order valence-electron chi connectivity index (χ2n) is 11.9. The molecule has 1 atom stereocenters. The number of anilines is 1. The fourth-order valence-electron chi connectivity index (χ4n) is 6.45. The number of fused-ring (bicyclic) bond motifs is 1. The van der Waals surface area contributed by atoms with Crippen molar-refractivity contribution in [3.63, 3.8) is 0 Å². The van der Waals surface area contributed by atoms with E-state index in [2.05, 4.69) is 9.88 Å². The smallest absolute Gasteiger partial charge is 0.368 e. The van der Waals surface area contributed by atoms with Gasteiger partial charge in [0.05, 0.1) is 17.7 Å². The molecule has 2 saturated heterocycles. The number of hydrogen-bond acceptors (Lipinski definition) is 4. The maximum atomic E-state index is 13.8. The summed E-state index contributed by atoms with van der Waals surface area (Å²) in [5.41, 5.74) is -0.986. The minimum atomic E-state index is -5.08. The van der Waals surface area contributed by atoms with Crippen LogP contribution in [0.1, 0.15) is 27.0 Å². The van der Waals surface area contributed by atoms with E-state index in [9.17, 15) is 35.9 Å². The van der Waals surface area contributed by atoms with Gasteiger partial charge in [-0.15, -0.1) is 24.8 Å². The minimum absolute atomic E-state index is 0. The highest BCUT2D eigenvalue weighted by molar-refractivity contribution is 5.95. The fourth-order valence-corrected chi connectivity index (χ4v) is 6.45. The molecule has 264 valence electrons. The number of hydrogen-bond donors (Lipinski definition) is 1. The lowest BCUT2D eigenvalue weighted by Crippen LogP contribution is -2.58. The Balaban J connectivity index is 0.00000270. The molecule has 1 N–H and O–H groups in total. The van der Waals surface area contributed by atoms with Gasteiger partial charge in [0.15, 0.2) is 0 Å². The van der Waals surface area contributed by atoms with E-state index < -0.39 is 41.0 Å². The molecule has 49 heavy (non-hydrogen) atoms. The summed E-state index contributed by atoms with van der Waals surface area (Å²) in [5, 5.41) is 0.891. The Morgan fingerprint density at radius 2 is 1.37 bits per heavy atom. The van der Waals surface area contributed by atoms with E-state index >= 15 is 0 Å². The second kappa shape index (κ2) is 15.3. The molecule has 4 aromatic rings. The molecule has 2 fully saturated rings. The van der Waals surface area contributed by atoms with Crippen molar-refractivity contribution < 1.29 is 35.9 Å². The number of carbonyl (C=O) groups is 2. The first-order valence-electron chi connectivity index (χ1n) is 15.3. The van der Waals surface area contributed by atoms with Gasteiger partial charge in [-0.25, -0.2) is 0 Å². The largest absolute Gasteiger partial charge is 0.416 e. The Kier molecular flexibility index (Phi) is 11.8. The molecule has 2 aliphatic heterocycles. The number of benzene rings is 3. The molecule has 6 rings (SSSR count). The van der Waals surface area contributed by atoms with Gasteiger partial charge in [0.1, 0.15) is 0 Å². The molecule has 0 saturated carbocycles. The molecule has 0 bridgehead atoms. The summed E-state index contributed by atoms with van der Waals surface area (Å²) in [4.78, 5) is 37.6. The lowest BCUT2D eigenvalue weighted by molar-refractivity contribution is -0.143. The van der Waals surface area contributed by atoms with Crippen molar-refractivity contribution in [1.29, 1.82) is 0 Å². The van der Waals surface area contributed by atoms with Crippen LogP contribution in [0.3, 0.4) is 0 Å². The SMILES string of the molecule is Cl.Cl.O=C(CN1CCN(C(=O)c2cc(C(F)(F)F)cc(C(F)(F)F)c2)[C@H](Cc2c[nH]c3ccccc23)C1)N1CCN(c2ccccc2)CC1. The molecule has 3 heterocycles. The van der Waals surface area contributed by atoms with Crippen LogP contribution in [0.25, 0.3) is 10.9 Å². The molecule has 0 aliphatic carbocycles. The van der Waals surface area contributed by atoms with E-state index in [1.165, 1.54) is 4.90 Å². The normalized spacial score (nSPS) is 17.4. The molecule has 0 spiro atoms. The Bertz CT molecular complexity index is 1710. The number of aromatic amines is 1. The molecule has 3 aromatic carbocycles. The molecule has 7 nitrogen and oxygen atoms in total. The third kappa shape index (κ3) is 8.63. The maximum absolute atomic E-state index is 13.8. The first kappa shape index (κ1) is 37.9. The van der Waals surface area contributed by atoms with E-state index in [0.29, 0.717) is 38.3 Å². The molecule has 0 unspecified atom stereocenters. The molecule has 0 radical (unpaired) electrons. The number of H-pyrrole nitrogens is 1. The fraction of sp³-hybridized carbons (Fsp3) is 0.353. The zero-order chi connectivity index (χ0) is 33.3. The third-order valence-electron chi connectivity index (χ3n) is 8.91. The Labute approximate surface area is 291 Å². The van der Waals surface area contributed by atoms with Gasteiger partial charge in [-0.3, -0.25) is 14.5 Å². The molecule has 2 aliphatic rings. The second-order valence-corrected chi connectivity index (χ2v) is 11.9. The van der Waals surface area contributed by atoms with Crippen LogP contribution in [0.15, 0.2) is 79.0 Å². The van der Waals surface area contributed by atoms with Crippen molar-refractivity contribution in [3.8, 4) is 0 Å². The van der Waals surface area contributed by atoms with E-state index in [1.807, 2.05) is 59.5 Å². The Hall–Kier alpha value is -3.94. The number of nitrogens with one attached hydrogen (secondary N) is 1. The number of carbonyl (C=O) groups excluding carboxylic acids is 2. The summed E-state index contributed by atoms with van der Waals surface area (Å²) in [7, 11) is 0. The van der Waals surface area contributed by atoms with Crippen LogP contribution < -0.4 is 4.90 Å². The summed E-state index contributed by atoms with van der Waals surface area (Å²) < 4.78 is 81.7. The Morgan fingerprint density at radius 3 is 2.00 bits per heavy atom. The predicted octanol–water partition coefficient (Wildman–Crippen LogP) is 6.77. The van der Waals surface area contributed by atoms with Gasteiger partial charge in [0.25, 0.3) is 5.91 Å². The van der Waals surface area contributed by atoms with Gasteiger partial charge >= 0.3 is 12.4 Å². The summed E-state index contributed by atoms with van der Waals surface area (Å²) in [6, 6.07) is 17.8. The average Bonchev–Trinajstić information content (AvgIpc) is 3.46. The van der Waals surface area contributed by atoms with E-state index in [1.54, 1.807) is 11.1 Å². The number of aromatic nitrogens is 1. The molecule has 1 aromatic heterocycles. The highest BCUT2D eigenvalue weighted by atomic mass is 35.5. The van der Waals surface area contributed by atoms with Gasteiger partial charge in [0.2, 0.25) is 5.91 Å². The number of alkyl halides is 6. The zero-order valence-corrected chi connectivity index (χ0v) is 27.8. The number of nitrogens with zero attached hydrogens (tertiary/aromatic N) is 4. The van der Waals surface area contributed by atoms with Gasteiger partial charge < -0.3 is 19.7 Å². The van der Waals surface area contributed by atoms with Gasteiger partial charge in [0, 0.05) is 80.2 Å². The highest BCUT2D eigenvalue weighted by Gasteiger charge is 2.39. The topological polar surface area (TPSA) is 62.9 Å². The highest BCUT2D eigenvalue weighted by Crippen LogP contribution is 2.37. The molecular formula is C34H35Cl2F6N5O2. The number of piperazine rings is 2. The van der Waals surface area contributed by atoms with E-state index in [4.69, 9.17) is 0 Å². The third-order valence-corrected chi connectivity index (χ3v) is 8.91. The first-order chi connectivity index (χ1) is 22.4. The van der Waals surface area contributed by atoms with Crippen molar-refractivity contribution >= 4 is 53.2 Å². The van der Waals surface area contributed by atoms with Gasteiger partial charge in [-0.2, -0.15) is 26.3 Å². The van der Waals surface area contributed by atoms with Crippen molar-refractivity contribution in [2.45, 2.75) is 24.8 Å². The van der Waals surface area contributed by atoms with E-state index in [0.717, 1.165) is 22.2 Å². The van der Waals surface area contributed by atoms with Crippen LogP contribution in [-0.2, 0) is 23.6 Å². The molecule has 15 heteroatoms. The molecule has 2 amide bonds. The lowest BCUT2D eigenvalue weighted by Gasteiger charge is -2.42. The summed E-state index contributed by atoms with van der Waals surface area (Å²) in [5.74, 6) is -0.995. The number of rotatable bonds is 6. The summed E-state index contributed by atoms with van der Waals surface area (Å²) in [6.07, 6.45) is -8.09.